The number of aliphatic hydroxyl groups excluding tert-OH is 2. The second kappa shape index (κ2) is 12.0. The van der Waals surface area contributed by atoms with E-state index >= 15 is 0 Å². The second-order valence-corrected chi connectivity index (χ2v) is 9.02. The lowest BCUT2D eigenvalue weighted by atomic mass is 10.1. The molecule has 1 amide bonds. The van der Waals surface area contributed by atoms with Gasteiger partial charge in [0.15, 0.2) is 23.2 Å². The van der Waals surface area contributed by atoms with Gasteiger partial charge in [0.1, 0.15) is 24.6 Å². The van der Waals surface area contributed by atoms with Crippen molar-refractivity contribution in [1.82, 2.24) is 24.8 Å². The number of aliphatic hydroxyl groups is 2. The SMILES string of the molecule is NCCCCCCNC(=O)CNc1ncnc2c1ncn2[C@@H]1O[C@H](COP(=O)(O)O)[C@@H](O)[C@H]1O. The highest BCUT2D eigenvalue weighted by atomic mass is 31.2. The van der Waals surface area contributed by atoms with E-state index in [1.54, 1.807) is 0 Å². The van der Waals surface area contributed by atoms with Crippen LogP contribution in [-0.4, -0.2) is 90.0 Å². The maximum atomic E-state index is 12.1. The third-order valence-electron chi connectivity index (χ3n) is 5.25. The van der Waals surface area contributed by atoms with Crippen LogP contribution in [0.4, 0.5) is 5.82 Å². The van der Waals surface area contributed by atoms with Crippen LogP contribution >= 0.6 is 7.82 Å². The summed E-state index contributed by atoms with van der Waals surface area (Å²) in [6, 6.07) is 0. The first-order valence-corrected chi connectivity index (χ1v) is 12.3. The number of phosphoric ester groups is 1. The van der Waals surface area contributed by atoms with Crippen molar-refractivity contribution in [2.45, 2.75) is 50.2 Å². The minimum Gasteiger partial charge on any atom is -0.387 e. The maximum Gasteiger partial charge on any atom is 0.469 e. The molecule has 15 nitrogen and oxygen atoms in total. The van der Waals surface area contributed by atoms with E-state index in [-0.39, 0.29) is 23.9 Å². The molecule has 0 aliphatic carbocycles. The summed E-state index contributed by atoms with van der Waals surface area (Å²) in [5.74, 6) is 0.0758. The van der Waals surface area contributed by atoms with Gasteiger partial charge in [-0.2, -0.15) is 0 Å². The summed E-state index contributed by atoms with van der Waals surface area (Å²) in [6.07, 6.45) is 1.17. The highest BCUT2D eigenvalue weighted by Crippen LogP contribution is 2.38. The molecule has 2 aromatic heterocycles. The molecular weight excluding hydrogens is 473 g/mol. The maximum absolute atomic E-state index is 12.1. The van der Waals surface area contributed by atoms with Crippen LogP contribution in [0.15, 0.2) is 12.7 Å². The molecule has 8 N–H and O–H groups in total. The van der Waals surface area contributed by atoms with Crippen molar-refractivity contribution >= 4 is 30.7 Å². The van der Waals surface area contributed by atoms with Crippen LogP contribution in [-0.2, 0) is 18.6 Å². The van der Waals surface area contributed by atoms with Crippen molar-refractivity contribution in [1.29, 1.82) is 0 Å². The van der Waals surface area contributed by atoms with Gasteiger partial charge in [-0.3, -0.25) is 13.9 Å². The molecule has 190 valence electrons. The number of rotatable bonds is 13. The van der Waals surface area contributed by atoms with Gasteiger partial charge in [-0.05, 0) is 19.4 Å². The second-order valence-electron chi connectivity index (χ2n) is 7.79. The van der Waals surface area contributed by atoms with Crippen LogP contribution in [0.5, 0.6) is 0 Å². The lowest BCUT2D eigenvalue weighted by Crippen LogP contribution is -2.33. The van der Waals surface area contributed by atoms with Crippen molar-refractivity contribution in [2.75, 3.05) is 31.6 Å². The molecule has 0 radical (unpaired) electrons. The molecule has 0 unspecified atom stereocenters. The van der Waals surface area contributed by atoms with E-state index in [0.29, 0.717) is 18.6 Å². The van der Waals surface area contributed by atoms with E-state index in [4.69, 9.17) is 20.3 Å². The summed E-state index contributed by atoms with van der Waals surface area (Å²) in [6.45, 7) is 0.558. The van der Waals surface area contributed by atoms with E-state index in [1.807, 2.05) is 0 Å². The van der Waals surface area contributed by atoms with Gasteiger partial charge in [0.2, 0.25) is 5.91 Å². The number of hydrogen-bond acceptors (Lipinski definition) is 11. The van der Waals surface area contributed by atoms with Gasteiger partial charge in [0.25, 0.3) is 0 Å². The minimum absolute atomic E-state index is 0.0369. The van der Waals surface area contributed by atoms with Gasteiger partial charge in [-0.15, -0.1) is 0 Å². The highest BCUT2D eigenvalue weighted by Gasteiger charge is 2.45. The number of nitrogens with zero attached hydrogens (tertiary/aromatic N) is 4. The number of carbonyl (C=O) groups excluding carboxylic acids is 1. The van der Waals surface area contributed by atoms with Crippen LogP contribution in [0.25, 0.3) is 11.2 Å². The molecule has 2 aromatic rings. The van der Waals surface area contributed by atoms with Gasteiger partial charge in [0.05, 0.1) is 19.5 Å². The first kappa shape index (κ1) is 26.4. The van der Waals surface area contributed by atoms with Gasteiger partial charge in [-0.25, -0.2) is 19.5 Å². The number of phosphoric acid groups is 1. The Balaban J connectivity index is 1.60. The molecule has 3 heterocycles. The largest absolute Gasteiger partial charge is 0.469 e. The standard InChI is InChI=1S/C18H30N7O8P/c19-5-3-1-2-4-6-20-12(26)7-21-16-13-17(23-9-22-16)25(10-24-13)18-15(28)14(27)11(33-18)8-32-34(29,30)31/h9-11,14-15,18,27-28H,1-8,19H2,(H,20,26)(H,21,22,23)(H2,29,30,31)/t11-,14-,15-,18-/m1/s1. The summed E-state index contributed by atoms with van der Waals surface area (Å²) in [5.41, 5.74) is 6.01. The zero-order chi connectivity index (χ0) is 24.7. The molecule has 1 aliphatic rings. The molecule has 4 atom stereocenters. The Kier molecular flexibility index (Phi) is 9.27. The zero-order valence-electron chi connectivity index (χ0n) is 18.4. The van der Waals surface area contributed by atoms with Gasteiger partial charge in [-0.1, -0.05) is 12.8 Å². The molecule has 0 saturated carbocycles. The Hall–Kier alpha value is -2.23. The summed E-state index contributed by atoms with van der Waals surface area (Å²) in [7, 11) is -4.78. The van der Waals surface area contributed by atoms with E-state index in [2.05, 4.69) is 30.1 Å². The summed E-state index contributed by atoms with van der Waals surface area (Å²) < 4.78 is 22.2. The van der Waals surface area contributed by atoms with E-state index in [0.717, 1.165) is 25.7 Å². The number of hydrogen-bond donors (Lipinski definition) is 7. The fourth-order valence-corrected chi connectivity index (χ4v) is 3.85. The number of aromatic nitrogens is 4. The van der Waals surface area contributed by atoms with Gasteiger partial charge in [0, 0.05) is 6.54 Å². The topological polar surface area (TPSA) is 227 Å². The minimum atomic E-state index is -4.78. The lowest BCUT2D eigenvalue weighted by molar-refractivity contribution is -0.119. The number of amides is 1. The number of nitrogens with two attached hydrogens (primary N) is 1. The number of nitrogens with one attached hydrogen (secondary N) is 2. The fourth-order valence-electron chi connectivity index (χ4n) is 3.51. The molecule has 0 aromatic carbocycles. The van der Waals surface area contributed by atoms with Crippen molar-refractivity contribution in [3.05, 3.63) is 12.7 Å². The first-order valence-electron chi connectivity index (χ1n) is 10.8. The molecule has 1 saturated heterocycles. The van der Waals surface area contributed by atoms with Crippen molar-refractivity contribution in [2.24, 2.45) is 5.73 Å². The molecule has 1 fully saturated rings. The Labute approximate surface area is 194 Å². The third-order valence-corrected chi connectivity index (χ3v) is 5.73. The summed E-state index contributed by atoms with van der Waals surface area (Å²) in [5, 5.41) is 26.3. The molecule has 3 rings (SSSR count). The fraction of sp³-hybridized carbons (Fsp3) is 0.667. The van der Waals surface area contributed by atoms with Crippen LogP contribution < -0.4 is 16.4 Å². The van der Waals surface area contributed by atoms with Crippen LogP contribution in [0.1, 0.15) is 31.9 Å². The average molecular weight is 503 g/mol. The molecule has 0 spiro atoms. The first-order chi connectivity index (χ1) is 16.2. The Morgan fingerprint density at radius 2 is 1.94 bits per heavy atom. The number of carbonyl (C=O) groups is 1. The molecular formula is C18H30N7O8P. The van der Waals surface area contributed by atoms with Crippen molar-refractivity contribution in [3.63, 3.8) is 0 Å². The third kappa shape index (κ3) is 6.90. The van der Waals surface area contributed by atoms with Crippen LogP contribution in [0.2, 0.25) is 0 Å². The number of imidazole rings is 1. The Bertz CT molecular complexity index is 1000. The number of unbranched alkanes of at least 4 members (excludes halogenated alkanes) is 3. The zero-order valence-corrected chi connectivity index (χ0v) is 19.3. The van der Waals surface area contributed by atoms with E-state index < -0.39 is 39.0 Å². The summed E-state index contributed by atoms with van der Waals surface area (Å²) >= 11 is 0. The average Bonchev–Trinajstić information content (AvgIpc) is 3.34. The molecule has 0 bridgehead atoms. The van der Waals surface area contributed by atoms with Crippen LogP contribution in [0, 0.1) is 0 Å². The summed E-state index contributed by atoms with van der Waals surface area (Å²) in [4.78, 5) is 42.3. The quantitative estimate of drug-likeness (QED) is 0.123. The van der Waals surface area contributed by atoms with E-state index in [9.17, 15) is 19.6 Å². The van der Waals surface area contributed by atoms with Gasteiger partial charge < -0.3 is 41.1 Å². The Morgan fingerprint density at radius 3 is 2.68 bits per heavy atom. The highest BCUT2D eigenvalue weighted by molar-refractivity contribution is 7.46. The van der Waals surface area contributed by atoms with Crippen LogP contribution in [0.3, 0.4) is 0 Å². The van der Waals surface area contributed by atoms with Crippen molar-refractivity contribution in [3.8, 4) is 0 Å². The van der Waals surface area contributed by atoms with Gasteiger partial charge >= 0.3 is 7.82 Å². The molecule has 16 heteroatoms. The predicted octanol–water partition coefficient (Wildman–Crippen LogP) is -1.40. The molecule has 34 heavy (non-hydrogen) atoms. The molecule has 1 aliphatic heterocycles. The predicted molar refractivity (Wildman–Crippen MR) is 118 cm³/mol. The van der Waals surface area contributed by atoms with Crippen molar-refractivity contribution < 1.29 is 38.6 Å². The normalized spacial score (nSPS) is 22.9. The number of fused-ring (bicyclic) bond motifs is 1. The number of anilines is 1. The smallest absolute Gasteiger partial charge is 0.387 e. The lowest BCUT2D eigenvalue weighted by Gasteiger charge is -2.16. The monoisotopic (exact) mass is 503 g/mol. The number of ether oxygens (including phenoxy) is 1. The van der Waals surface area contributed by atoms with E-state index in [1.165, 1.54) is 17.2 Å². The Morgan fingerprint density at radius 1 is 1.18 bits per heavy atom.